The summed E-state index contributed by atoms with van der Waals surface area (Å²) in [7, 11) is 0. The Balaban J connectivity index is 2.07. The number of aliphatic hydroxyl groups excluding tert-OH is 1. The highest BCUT2D eigenvalue weighted by molar-refractivity contribution is 5.20. The Morgan fingerprint density at radius 2 is 2.12 bits per heavy atom. The van der Waals surface area contributed by atoms with E-state index in [2.05, 4.69) is 5.32 Å². The molecule has 1 aromatic rings. The van der Waals surface area contributed by atoms with Gasteiger partial charge in [0, 0.05) is 11.6 Å². The normalized spacial score (nSPS) is 19.4. The minimum Gasteiger partial charge on any atom is -0.394 e. The average Bonchev–Trinajstić information content (AvgIpc) is 3.05. The Morgan fingerprint density at radius 1 is 1.44 bits per heavy atom. The van der Waals surface area contributed by atoms with E-state index in [1.165, 1.54) is 6.07 Å². The van der Waals surface area contributed by atoms with E-state index in [4.69, 9.17) is 0 Å². The summed E-state index contributed by atoms with van der Waals surface area (Å²) >= 11 is 0. The van der Waals surface area contributed by atoms with Crippen molar-refractivity contribution in [1.82, 2.24) is 5.32 Å². The Kier molecular flexibility index (Phi) is 3.26. The average molecular weight is 223 g/mol. The number of halogens is 1. The number of nitrogens with one attached hydrogen (secondary N) is 1. The third-order valence-corrected chi connectivity index (χ3v) is 3.02. The molecule has 1 aliphatic rings. The van der Waals surface area contributed by atoms with Crippen LogP contribution in [0.3, 0.4) is 0 Å². The van der Waals surface area contributed by atoms with Gasteiger partial charge in [0.25, 0.3) is 0 Å². The second-order valence-corrected chi connectivity index (χ2v) is 4.91. The zero-order valence-corrected chi connectivity index (χ0v) is 9.54. The summed E-state index contributed by atoms with van der Waals surface area (Å²) in [4.78, 5) is 0. The highest BCUT2D eigenvalue weighted by atomic mass is 19.1. The van der Waals surface area contributed by atoms with Crippen molar-refractivity contribution in [1.29, 1.82) is 0 Å². The number of hydrogen-bond acceptors (Lipinski definition) is 2. The van der Waals surface area contributed by atoms with Crippen LogP contribution in [0.1, 0.15) is 25.3 Å². The highest BCUT2D eigenvalue weighted by Crippen LogP contribution is 2.24. The molecule has 2 nitrogen and oxygen atoms in total. The highest BCUT2D eigenvalue weighted by Gasteiger charge is 2.32. The maximum absolute atomic E-state index is 13.5. The van der Waals surface area contributed by atoms with E-state index in [0.29, 0.717) is 18.0 Å². The molecule has 0 bridgehead atoms. The van der Waals surface area contributed by atoms with E-state index in [0.717, 1.165) is 12.8 Å². The Morgan fingerprint density at radius 3 is 2.69 bits per heavy atom. The van der Waals surface area contributed by atoms with E-state index in [-0.39, 0.29) is 12.4 Å². The molecule has 16 heavy (non-hydrogen) atoms. The predicted molar refractivity (Wildman–Crippen MR) is 61.8 cm³/mol. The molecule has 3 heteroatoms. The smallest absolute Gasteiger partial charge is 0.126 e. The van der Waals surface area contributed by atoms with Crippen molar-refractivity contribution >= 4 is 0 Å². The fourth-order valence-corrected chi connectivity index (χ4v) is 1.94. The van der Waals surface area contributed by atoms with Gasteiger partial charge in [-0.1, -0.05) is 18.2 Å². The summed E-state index contributed by atoms with van der Waals surface area (Å²) in [6.07, 6.45) is 2.84. The van der Waals surface area contributed by atoms with Crippen molar-refractivity contribution in [3.8, 4) is 0 Å². The van der Waals surface area contributed by atoms with E-state index in [1.807, 2.05) is 13.0 Å². The minimum atomic E-state index is -0.413. The first kappa shape index (κ1) is 11.6. The summed E-state index contributed by atoms with van der Waals surface area (Å²) in [6.45, 7) is 1.97. The van der Waals surface area contributed by atoms with E-state index in [1.54, 1.807) is 12.1 Å². The molecule has 0 amide bonds. The Labute approximate surface area is 95.5 Å². The van der Waals surface area contributed by atoms with Gasteiger partial charge in [-0.3, -0.25) is 0 Å². The summed E-state index contributed by atoms with van der Waals surface area (Å²) in [5.74, 6) is -0.195. The molecule has 88 valence electrons. The number of rotatable bonds is 5. The summed E-state index contributed by atoms with van der Waals surface area (Å²) in [5.41, 5.74) is 0.246. The van der Waals surface area contributed by atoms with Gasteiger partial charge in [0.2, 0.25) is 0 Å². The molecular formula is C13H18FNO. The van der Waals surface area contributed by atoms with Gasteiger partial charge in [-0.05, 0) is 37.8 Å². The lowest BCUT2D eigenvalue weighted by atomic mass is 9.93. The van der Waals surface area contributed by atoms with Crippen LogP contribution in [0.4, 0.5) is 4.39 Å². The molecule has 0 aromatic heterocycles. The van der Waals surface area contributed by atoms with Gasteiger partial charge in [-0.2, -0.15) is 0 Å². The molecule has 1 saturated carbocycles. The van der Waals surface area contributed by atoms with Gasteiger partial charge in [0.1, 0.15) is 5.82 Å². The van der Waals surface area contributed by atoms with Crippen molar-refractivity contribution in [2.75, 3.05) is 6.61 Å². The first-order valence-corrected chi connectivity index (χ1v) is 5.75. The monoisotopic (exact) mass is 223 g/mol. The van der Waals surface area contributed by atoms with Crippen LogP contribution in [0.2, 0.25) is 0 Å². The maximum Gasteiger partial charge on any atom is 0.126 e. The third kappa shape index (κ3) is 2.80. The molecule has 0 radical (unpaired) electrons. The van der Waals surface area contributed by atoms with Crippen molar-refractivity contribution in [3.05, 3.63) is 35.6 Å². The maximum atomic E-state index is 13.5. The summed E-state index contributed by atoms with van der Waals surface area (Å²) in [5, 5.41) is 12.8. The fourth-order valence-electron chi connectivity index (χ4n) is 1.94. The molecular weight excluding hydrogens is 205 g/mol. The second-order valence-electron chi connectivity index (χ2n) is 4.91. The third-order valence-electron chi connectivity index (χ3n) is 3.02. The standard InChI is InChI=1S/C13H18FNO/c1-13(9-16,15-11-6-7-11)8-10-4-2-3-5-12(10)14/h2-5,11,15-16H,6-9H2,1H3. The van der Waals surface area contributed by atoms with Crippen LogP contribution in [0, 0.1) is 5.82 Å². The second kappa shape index (κ2) is 4.52. The van der Waals surface area contributed by atoms with Gasteiger partial charge in [0.15, 0.2) is 0 Å². The largest absolute Gasteiger partial charge is 0.394 e. The minimum absolute atomic E-state index is 0.0256. The van der Waals surface area contributed by atoms with Gasteiger partial charge in [0.05, 0.1) is 6.61 Å². The van der Waals surface area contributed by atoms with Gasteiger partial charge >= 0.3 is 0 Å². The fraction of sp³-hybridized carbons (Fsp3) is 0.538. The van der Waals surface area contributed by atoms with E-state index in [9.17, 15) is 9.50 Å². The quantitative estimate of drug-likeness (QED) is 0.798. The number of hydrogen-bond donors (Lipinski definition) is 2. The molecule has 2 N–H and O–H groups in total. The van der Waals surface area contributed by atoms with Crippen molar-refractivity contribution in [2.24, 2.45) is 0 Å². The van der Waals surface area contributed by atoms with Crippen molar-refractivity contribution < 1.29 is 9.50 Å². The van der Waals surface area contributed by atoms with Crippen LogP contribution in [0.15, 0.2) is 24.3 Å². The molecule has 0 aliphatic heterocycles. The molecule has 2 rings (SSSR count). The molecule has 1 aromatic carbocycles. The lowest BCUT2D eigenvalue weighted by Gasteiger charge is -2.29. The van der Waals surface area contributed by atoms with Crippen LogP contribution in [-0.4, -0.2) is 23.3 Å². The van der Waals surface area contributed by atoms with Crippen LogP contribution >= 0.6 is 0 Å². The molecule has 1 unspecified atom stereocenters. The molecule has 0 heterocycles. The molecule has 1 atom stereocenters. The predicted octanol–water partition coefficient (Wildman–Crippen LogP) is 1.87. The Bertz CT molecular complexity index is 365. The van der Waals surface area contributed by atoms with Crippen LogP contribution in [0.5, 0.6) is 0 Å². The lowest BCUT2D eigenvalue weighted by Crippen LogP contribution is -2.48. The zero-order chi connectivity index (χ0) is 11.6. The topological polar surface area (TPSA) is 32.3 Å². The lowest BCUT2D eigenvalue weighted by molar-refractivity contribution is 0.171. The molecule has 0 saturated heterocycles. The molecule has 0 spiro atoms. The van der Waals surface area contributed by atoms with Gasteiger partial charge < -0.3 is 10.4 Å². The Hall–Kier alpha value is -0.930. The summed E-state index contributed by atoms with van der Waals surface area (Å²) < 4.78 is 13.5. The molecule has 1 aliphatic carbocycles. The first-order valence-electron chi connectivity index (χ1n) is 5.75. The van der Waals surface area contributed by atoms with Crippen LogP contribution in [0.25, 0.3) is 0 Å². The van der Waals surface area contributed by atoms with Crippen LogP contribution < -0.4 is 5.32 Å². The van der Waals surface area contributed by atoms with Gasteiger partial charge in [-0.15, -0.1) is 0 Å². The summed E-state index contributed by atoms with van der Waals surface area (Å²) in [6, 6.07) is 7.25. The van der Waals surface area contributed by atoms with Crippen LogP contribution in [-0.2, 0) is 6.42 Å². The SMILES string of the molecule is CC(CO)(Cc1ccccc1F)NC1CC1. The number of aliphatic hydroxyl groups is 1. The zero-order valence-electron chi connectivity index (χ0n) is 9.54. The molecule has 1 fully saturated rings. The van der Waals surface area contributed by atoms with Crippen molar-refractivity contribution in [3.63, 3.8) is 0 Å². The van der Waals surface area contributed by atoms with E-state index >= 15 is 0 Å². The van der Waals surface area contributed by atoms with E-state index < -0.39 is 5.54 Å². The number of benzene rings is 1. The first-order chi connectivity index (χ1) is 7.63. The van der Waals surface area contributed by atoms with Crippen molar-refractivity contribution in [2.45, 2.75) is 37.8 Å². The van der Waals surface area contributed by atoms with Gasteiger partial charge in [-0.25, -0.2) is 4.39 Å².